The summed E-state index contributed by atoms with van der Waals surface area (Å²) in [6, 6.07) is 0. The Kier molecular flexibility index (Phi) is 9.24. The molecule has 0 saturated heterocycles. The Labute approximate surface area is 149 Å². The van der Waals surface area contributed by atoms with Gasteiger partial charge in [0.1, 0.15) is 18.3 Å². The lowest BCUT2D eigenvalue weighted by atomic mass is 9.98. The number of ether oxygens (including phenoxy) is 3. The van der Waals surface area contributed by atoms with E-state index in [-0.39, 0.29) is 5.97 Å². The third kappa shape index (κ3) is 7.71. The van der Waals surface area contributed by atoms with E-state index in [4.69, 9.17) is 14.2 Å². The average Bonchev–Trinajstić information content (AvgIpc) is 2.53. The third-order valence-corrected chi connectivity index (χ3v) is 4.20. The number of esters is 3. The smallest absolute Gasteiger partial charge is 0.313 e. The minimum atomic E-state index is -0.647. The van der Waals surface area contributed by atoms with Gasteiger partial charge in [0.15, 0.2) is 0 Å². The van der Waals surface area contributed by atoms with Crippen LogP contribution in [0, 0.1) is 5.92 Å². The molecule has 0 amide bonds. The fraction of sp³-hybridized carbons (Fsp3) is 0.737. The second-order valence-corrected chi connectivity index (χ2v) is 6.49. The standard InChI is InChI=1S/C19H30O6/c1-5-6-7-11-18-17(24-15(4)21)12-9-8-10-16(23-14(3)20)13(2)19(22)25-18/h8,10,13,16-18H,5-7,9,11-12H2,1-4H3/b10-8+/t13-,16-,17+,18?/m1/s1. The van der Waals surface area contributed by atoms with E-state index in [0.717, 1.165) is 19.3 Å². The lowest BCUT2D eigenvalue weighted by Gasteiger charge is -2.29. The molecule has 0 radical (unpaired) electrons. The molecule has 0 N–H and O–H groups in total. The number of carbonyl (C=O) groups excluding carboxylic acids is 3. The predicted octanol–water partition coefficient (Wildman–Crippen LogP) is 3.33. The minimum Gasteiger partial charge on any atom is -0.459 e. The quantitative estimate of drug-likeness (QED) is 0.315. The zero-order chi connectivity index (χ0) is 18.8. The molecule has 4 atom stereocenters. The molecule has 0 saturated carbocycles. The molecule has 0 spiro atoms. The summed E-state index contributed by atoms with van der Waals surface area (Å²) in [4.78, 5) is 35.2. The SMILES string of the molecule is CCCCCC1OC(=O)[C@H](C)[C@H](OC(C)=O)/C=C/CC[C@@H]1OC(C)=O. The Morgan fingerprint density at radius 2 is 1.88 bits per heavy atom. The Balaban J connectivity index is 2.95. The van der Waals surface area contributed by atoms with Gasteiger partial charge in [-0.3, -0.25) is 14.4 Å². The maximum atomic E-state index is 12.5. The fourth-order valence-electron chi connectivity index (χ4n) is 2.83. The lowest BCUT2D eigenvalue weighted by molar-refractivity contribution is -0.174. The van der Waals surface area contributed by atoms with E-state index in [9.17, 15) is 14.4 Å². The van der Waals surface area contributed by atoms with Crippen molar-refractivity contribution < 1.29 is 28.6 Å². The minimum absolute atomic E-state index is 0.381. The number of carbonyl (C=O) groups is 3. The van der Waals surface area contributed by atoms with E-state index in [1.54, 1.807) is 13.0 Å². The summed E-state index contributed by atoms with van der Waals surface area (Å²) >= 11 is 0. The molecule has 0 aromatic carbocycles. The van der Waals surface area contributed by atoms with E-state index < -0.39 is 36.2 Å². The van der Waals surface area contributed by atoms with Gasteiger partial charge >= 0.3 is 17.9 Å². The molecule has 1 rings (SSSR count). The van der Waals surface area contributed by atoms with Crippen LogP contribution in [0.4, 0.5) is 0 Å². The molecule has 1 unspecified atom stereocenters. The van der Waals surface area contributed by atoms with Crippen LogP contribution < -0.4 is 0 Å². The first-order chi connectivity index (χ1) is 11.8. The summed E-state index contributed by atoms with van der Waals surface area (Å²) in [6.45, 7) is 6.44. The Morgan fingerprint density at radius 1 is 1.20 bits per heavy atom. The summed E-state index contributed by atoms with van der Waals surface area (Å²) < 4.78 is 16.3. The van der Waals surface area contributed by atoms with Gasteiger partial charge in [-0.15, -0.1) is 0 Å². The zero-order valence-electron chi connectivity index (χ0n) is 15.7. The summed E-state index contributed by atoms with van der Waals surface area (Å²) in [5.41, 5.74) is 0. The van der Waals surface area contributed by atoms with Crippen LogP contribution in [0.2, 0.25) is 0 Å². The summed E-state index contributed by atoms with van der Waals surface area (Å²) in [7, 11) is 0. The highest BCUT2D eigenvalue weighted by Gasteiger charge is 2.33. The fourth-order valence-corrected chi connectivity index (χ4v) is 2.83. The first kappa shape index (κ1) is 21.2. The molecule has 6 nitrogen and oxygen atoms in total. The first-order valence-electron chi connectivity index (χ1n) is 9.06. The molecule has 25 heavy (non-hydrogen) atoms. The topological polar surface area (TPSA) is 78.9 Å². The molecule has 0 bridgehead atoms. The molecule has 0 aromatic heterocycles. The van der Waals surface area contributed by atoms with Crippen molar-refractivity contribution in [3.05, 3.63) is 12.2 Å². The lowest BCUT2D eigenvalue weighted by Crippen LogP contribution is -2.39. The highest BCUT2D eigenvalue weighted by Crippen LogP contribution is 2.23. The molecular formula is C19H30O6. The van der Waals surface area contributed by atoms with Crippen molar-refractivity contribution in [3.8, 4) is 0 Å². The molecule has 0 aliphatic carbocycles. The van der Waals surface area contributed by atoms with Gasteiger partial charge in [-0.25, -0.2) is 0 Å². The Hall–Kier alpha value is -1.85. The van der Waals surface area contributed by atoms with Gasteiger partial charge in [-0.05, 0) is 38.7 Å². The summed E-state index contributed by atoms with van der Waals surface area (Å²) in [5.74, 6) is -1.89. The van der Waals surface area contributed by atoms with E-state index in [2.05, 4.69) is 6.92 Å². The van der Waals surface area contributed by atoms with Crippen molar-refractivity contribution in [3.63, 3.8) is 0 Å². The van der Waals surface area contributed by atoms with Crippen molar-refractivity contribution in [2.24, 2.45) is 5.92 Å². The monoisotopic (exact) mass is 354 g/mol. The van der Waals surface area contributed by atoms with Crippen molar-refractivity contribution in [1.29, 1.82) is 0 Å². The maximum Gasteiger partial charge on any atom is 0.313 e. The Morgan fingerprint density at radius 3 is 2.48 bits per heavy atom. The summed E-state index contributed by atoms with van der Waals surface area (Å²) in [6.07, 6.45) is 6.79. The average molecular weight is 354 g/mol. The number of unbranched alkanes of at least 4 members (excludes halogenated alkanes) is 2. The normalized spacial score (nSPS) is 28.6. The number of hydrogen-bond donors (Lipinski definition) is 0. The largest absolute Gasteiger partial charge is 0.459 e. The van der Waals surface area contributed by atoms with Crippen molar-refractivity contribution in [2.45, 2.75) is 84.5 Å². The van der Waals surface area contributed by atoms with Crippen LogP contribution in [0.1, 0.15) is 66.2 Å². The highest BCUT2D eigenvalue weighted by molar-refractivity contribution is 5.74. The molecule has 1 aliphatic rings. The zero-order valence-corrected chi connectivity index (χ0v) is 15.7. The molecule has 0 aromatic rings. The predicted molar refractivity (Wildman–Crippen MR) is 92.7 cm³/mol. The van der Waals surface area contributed by atoms with Gasteiger partial charge in [-0.1, -0.05) is 25.8 Å². The van der Waals surface area contributed by atoms with Gasteiger partial charge in [0.25, 0.3) is 0 Å². The van der Waals surface area contributed by atoms with Crippen LogP contribution in [0.15, 0.2) is 12.2 Å². The number of cyclic esters (lactones) is 1. The first-order valence-corrected chi connectivity index (χ1v) is 9.06. The van der Waals surface area contributed by atoms with Gasteiger partial charge in [-0.2, -0.15) is 0 Å². The second-order valence-electron chi connectivity index (χ2n) is 6.49. The molecule has 6 heteroatoms. The number of rotatable bonds is 6. The van der Waals surface area contributed by atoms with E-state index in [1.807, 2.05) is 6.08 Å². The molecular weight excluding hydrogens is 324 g/mol. The van der Waals surface area contributed by atoms with Crippen LogP contribution in [0.25, 0.3) is 0 Å². The van der Waals surface area contributed by atoms with Gasteiger partial charge in [0, 0.05) is 13.8 Å². The molecule has 0 fully saturated rings. The van der Waals surface area contributed by atoms with Crippen LogP contribution in [-0.2, 0) is 28.6 Å². The molecule has 142 valence electrons. The van der Waals surface area contributed by atoms with Gasteiger partial charge < -0.3 is 14.2 Å². The maximum absolute atomic E-state index is 12.5. The van der Waals surface area contributed by atoms with Crippen LogP contribution in [0.3, 0.4) is 0 Å². The van der Waals surface area contributed by atoms with Crippen molar-refractivity contribution >= 4 is 17.9 Å². The number of allylic oxidation sites excluding steroid dienone is 1. The van der Waals surface area contributed by atoms with E-state index in [0.29, 0.717) is 19.3 Å². The van der Waals surface area contributed by atoms with E-state index in [1.165, 1.54) is 13.8 Å². The molecule has 1 heterocycles. The summed E-state index contributed by atoms with van der Waals surface area (Å²) in [5, 5.41) is 0. The molecule has 1 aliphatic heterocycles. The van der Waals surface area contributed by atoms with Gasteiger partial charge in [0.2, 0.25) is 0 Å². The van der Waals surface area contributed by atoms with Crippen molar-refractivity contribution in [2.75, 3.05) is 0 Å². The van der Waals surface area contributed by atoms with Crippen LogP contribution in [0.5, 0.6) is 0 Å². The number of hydrogen-bond acceptors (Lipinski definition) is 6. The van der Waals surface area contributed by atoms with Crippen LogP contribution in [-0.4, -0.2) is 36.2 Å². The van der Waals surface area contributed by atoms with Crippen molar-refractivity contribution in [1.82, 2.24) is 0 Å². The van der Waals surface area contributed by atoms with Gasteiger partial charge in [0.05, 0.1) is 5.92 Å². The second kappa shape index (κ2) is 10.9. The highest BCUT2D eigenvalue weighted by atomic mass is 16.6. The van der Waals surface area contributed by atoms with Crippen LogP contribution >= 0.6 is 0 Å². The van der Waals surface area contributed by atoms with E-state index >= 15 is 0 Å². The Bertz CT molecular complexity index is 484. The third-order valence-electron chi connectivity index (χ3n) is 4.20.